The van der Waals surface area contributed by atoms with Gasteiger partial charge in [0.05, 0.1) is 0 Å². The van der Waals surface area contributed by atoms with E-state index in [1.54, 1.807) is 6.33 Å². The first-order valence-electron chi connectivity index (χ1n) is 5.70. The minimum atomic E-state index is 0.283. The molecule has 0 spiro atoms. The van der Waals surface area contributed by atoms with Gasteiger partial charge in [-0.1, -0.05) is 0 Å². The van der Waals surface area contributed by atoms with Crippen LogP contribution in [0.5, 0.6) is 0 Å². The van der Waals surface area contributed by atoms with Crippen molar-refractivity contribution in [2.24, 2.45) is 7.05 Å². The summed E-state index contributed by atoms with van der Waals surface area (Å²) in [6.07, 6.45) is 9.09. The molecule has 0 fully saturated rings. The second kappa shape index (κ2) is 5.54. The zero-order chi connectivity index (χ0) is 12.1. The lowest BCUT2D eigenvalue weighted by Crippen LogP contribution is -2.18. The lowest BCUT2D eigenvalue weighted by atomic mass is 10.0. The summed E-state index contributed by atoms with van der Waals surface area (Å²) in [7, 11) is 3.93. The van der Waals surface area contributed by atoms with Gasteiger partial charge in [0.2, 0.25) is 0 Å². The summed E-state index contributed by atoms with van der Waals surface area (Å²) in [4.78, 5) is 8.09. The highest BCUT2D eigenvalue weighted by Gasteiger charge is 2.10. The Bertz CT molecular complexity index is 451. The molecule has 2 rings (SSSR count). The van der Waals surface area contributed by atoms with Gasteiger partial charge in [-0.25, -0.2) is 9.97 Å². The highest BCUT2D eigenvalue weighted by molar-refractivity contribution is 5.10. The summed E-state index contributed by atoms with van der Waals surface area (Å²) in [6.45, 7) is 0. The van der Waals surface area contributed by atoms with Crippen LogP contribution in [0.1, 0.15) is 23.7 Å². The van der Waals surface area contributed by atoms with Gasteiger partial charge in [0.15, 0.2) is 0 Å². The monoisotopic (exact) mass is 231 g/mol. The first-order valence-corrected chi connectivity index (χ1v) is 5.70. The third kappa shape index (κ3) is 2.88. The Kier molecular flexibility index (Phi) is 3.82. The molecule has 5 heteroatoms. The van der Waals surface area contributed by atoms with Crippen molar-refractivity contribution in [2.75, 3.05) is 7.05 Å². The van der Waals surface area contributed by atoms with Crippen molar-refractivity contribution in [2.45, 2.75) is 18.9 Å². The first kappa shape index (κ1) is 11.7. The van der Waals surface area contributed by atoms with Gasteiger partial charge in [-0.05, 0) is 26.0 Å². The molecule has 1 atom stereocenters. The van der Waals surface area contributed by atoms with Crippen LogP contribution in [0.2, 0.25) is 0 Å². The fourth-order valence-corrected chi connectivity index (χ4v) is 1.91. The van der Waals surface area contributed by atoms with E-state index in [9.17, 15) is 0 Å². The molecule has 0 bridgehead atoms. The number of aromatic nitrogens is 4. The van der Waals surface area contributed by atoms with Gasteiger partial charge >= 0.3 is 0 Å². The van der Waals surface area contributed by atoms with E-state index in [0.29, 0.717) is 0 Å². The number of nitrogens with zero attached hydrogens (tertiary/aromatic N) is 4. The minimum Gasteiger partial charge on any atom is -0.313 e. The van der Waals surface area contributed by atoms with Crippen LogP contribution in [-0.2, 0) is 13.5 Å². The van der Waals surface area contributed by atoms with E-state index in [2.05, 4.69) is 20.4 Å². The van der Waals surface area contributed by atoms with Gasteiger partial charge in [0.25, 0.3) is 0 Å². The Balaban J connectivity index is 1.99. The van der Waals surface area contributed by atoms with Crippen LogP contribution in [0.3, 0.4) is 0 Å². The highest BCUT2D eigenvalue weighted by Crippen LogP contribution is 2.16. The zero-order valence-electron chi connectivity index (χ0n) is 10.2. The summed E-state index contributed by atoms with van der Waals surface area (Å²) in [6, 6.07) is 2.33. The van der Waals surface area contributed by atoms with Crippen molar-refractivity contribution in [1.29, 1.82) is 0 Å². The highest BCUT2D eigenvalue weighted by atomic mass is 15.2. The molecular formula is C12H17N5. The van der Waals surface area contributed by atoms with E-state index in [1.807, 2.05) is 43.4 Å². The van der Waals surface area contributed by atoms with E-state index in [0.717, 1.165) is 18.4 Å². The van der Waals surface area contributed by atoms with Gasteiger partial charge in [-0.15, -0.1) is 0 Å². The smallest absolute Gasteiger partial charge is 0.115 e. The Labute approximate surface area is 101 Å². The van der Waals surface area contributed by atoms with Crippen molar-refractivity contribution in [3.05, 3.63) is 42.2 Å². The lowest BCUT2D eigenvalue weighted by molar-refractivity contribution is 0.532. The molecule has 1 N–H and O–H groups in total. The van der Waals surface area contributed by atoms with Crippen LogP contribution in [0.25, 0.3) is 0 Å². The molecule has 90 valence electrons. The topological polar surface area (TPSA) is 55.6 Å². The molecule has 5 nitrogen and oxygen atoms in total. The van der Waals surface area contributed by atoms with Crippen molar-refractivity contribution >= 4 is 0 Å². The van der Waals surface area contributed by atoms with Gasteiger partial charge in [-0.3, -0.25) is 4.68 Å². The SMILES string of the molecule is CNC(CCc1ccnn1C)c1cncnc1. The Morgan fingerprint density at radius 1 is 1.35 bits per heavy atom. The molecule has 2 aromatic rings. The number of hydrogen-bond acceptors (Lipinski definition) is 4. The normalized spacial score (nSPS) is 12.6. The molecule has 0 amide bonds. The molecule has 0 aliphatic heterocycles. The number of aryl methyl sites for hydroxylation is 2. The van der Waals surface area contributed by atoms with Crippen molar-refractivity contribution in [1.82, 2.24) is 25.1 Å². The summed E-state index contributed by atoms with van der Waals surface area (Å²) >= 11 is 0. The van der Waals surface area contributed by atoms with Crippen LogP contribution in [0, 0.1) is 0 Å². The second-order valence-electron chi connectivity index (χ2n) is 4.00. The van der Waals surface area contributed by atoms with E-state index in [1.165, 1.54) is 5.69 Å². The summed E-state index contributed by atoms with van der Waals surface area (Å²) in [5.74, 6) is 0. The minimum absolute atomic E-state index is 0.283. The fraction of sp³-hybridized carbons (Fsp3) is 0.417. The zero-order valence-corrected chi connectivity index (χ0v) is 10.2. The summed E-state index contributed by atoms with van der Waals surface area (Å²) in [5, 5.41) is 7.46. The number of rotatable bonds is 5. The van der Waals surface area contributed by atoms with Gasteiger partial charge in [0, 0.05) is 42.9 Å². The molecule has 0 saturated carbocycles. The lowest BCUT2D eigenvalue weighted by Gasteiger charge is -2.15. The van der Waals surface area contributed by atoms with Crippen molar-refractivity contribution < 1.29 is 0 Å². The van der Waals surface area contributed by atoms with Crippen LogP contribution < -0.4 is 5.32 Å². The third-order valence-electron chi connectivity index (χ3n) is 2.94. The van der Waals surface area contributed by atoms with Gasteiger partial charge in [0.1, 0.15) is 6.33 Å². The van der Waals surface area contributed by atoms with E-state index in [-0.39, 0.29) is 6.04 Å². The third-order valence-corrected chi connectivity index (χ3v) is 2.94. The molecule has 1 unspecified atom stereocenters. The molecule has 0 aromatic carbocycles. The van der Waals surface area contributed by atoms with E-state index >= 15 is 0 Å². The van der Waals surface area contributed by atoms with Crippen LogP contribution in [0.4, 0.5) is 0 Å². The van der Waals surface area contributed by atoms with Crippen LogP contribution in [-0.4, -0.2) is 26.8 Å². The molecule has 2 aromatic heterocycles. The molecule has 0 aliphatic carbocycles. The Morgan fingerprint density at radius 2 is 2.12 bits per heavy atom. The largest absolute Gasteiger partial charge is 0.313 e. The summed E-state index contributed by atoms with van der Waals surface area (Å²) in [5.41, 5.74) is 2.36. The molecule has 0 saturated heterocycles. The standard InChI is InChI=1S/C12H17N5/c1-13-12(10-7-14-9-15-8-10)4-3-11-5-6-16-17(11)2/h5-9,12-13H,3-4H2,1-2H3. The van der Waals surface area contributed by atoms with Crippen LogP contribution in [0.15, 0.2) is 31.0 Å². The maximum Gasteiger partial charge on any atom is 0.115 e. The maximum atomic E-state index is 4.16. The Hall–Kier alpha value is -1.75. The molecule has 17 heavy (non-hydrogen) atoms. The fourth-order valence-electron chi connectivity index (χ4n) is 1.91. The second-order valence-corrected chi connectivity index (χ2v) is 4.00. The van der Waals surface area contributed by atoms with E-state index < -0.39 is 0 Å². The van der Waals surface area contributed by atoms with Gasteiger partial charge in [-0.2, -0.15) is 5.10 Å². The predicted molar refractivity (Wildman–Crippen MR) is 65.4 cm³/mol. The molecule has 0 radical (unpaired) electrons. The predicted octanol–water partition coefficient (Wildman–Crippen LogP) is 1.10. The van der Waals surface area contributed by atoms with Gasteiger partial charge < -0.3 is 5.32 Å². The average Bonchev–Trinajstić information content (AvgIpc) is 2.77. The molecular weight excluding hydrogens is 214 g/mol. The first-order chi connectivity index (χ1) is 8.31. The quantitative estimate of drug-likeness (QED) is 0.837. The van der Waals surface area contributed by atoms with Crippen molar-refractivity contribution in [3.8, 4) is 0 Å². The average molecular weight is 231 g/mol. The number of hydrogen-bond donors (Lipinski definition) is 1. The molecule has 2 heterocycles. The Morgan fingerprint density at radius 3 is 2.71 bits per heavy atom. The maximum absolute atomic E-state index is 4.16. The number of nitrogens with one attached hydrogen (secondary N) is 1. The molecule has 0 aliphatic rings. The summed E-state index contributed by atoms with van der Waals surface area (Å²) < 4.78 is 1.91. The van der Waals surface area contributed by atoms with E-state index in [4.69, 9.17) is 0 Å². The van der Waals surface area contributed by atoms with Crippen molar-refractivity contribution in [3.63, 3.8) is 0 Å². The van der Waals surface area contributed by atoms with Crippen LogP contribution >= 0.6 is 0 Å².